The molecule has 0 radical (unpaired) electrons. The third kappa shape index (κ3) is 3.11. The third-order valence-corrected chi connectivity index (χ3v) is 4.20. The van der Waals surface area contributed by atoms with Crippen molar-refractivity contribution in [2.24, 2.45) is 0 Å². The molecule has 0 aliphatic carbocycles. The SMILES string of the molecule is CC(=O)NCCc1nc(-c2ccc3c(c2)CC(=O)N3)cs1. The van der Waals surface area contributed by atoms with Crippen molar-refractivity contribution in [2.45, 2.75) is 19.8 Å². The summed E-state index contributed by atoms with van der Waals surface area (Å²) in [5, 5.41) is 8.59. The van der Waals surface area contributed by atoms with E-state index in [1.54, 1.807) is 11.3 Å². The van der Waals surface area contributed by atoms with Crippen LogP contribution in [-0.4, -0.2) is 23.3 Å². The third-order valence-electron chi connectivity index (χ3n) is 3.29. The normalized spacial score (nSPS) is 12.9. The van der Waals surface area contributed by atoms with Gasteiger partial charge in [-0.2, -0.15) is 0 Å². The Balaban J connectivity index is 1.73. The van der Waals surface area contributed by atoms with E-state index in [-0.39, 0.29) is 11.8 Å². The summed E-state index contributed by atoms with van der Waals surface area (Å²) in [7, 11) is 0. The number of carbonyl (C=O) groups is 2. The molecule has 2 aromatic rings. The fourth-order valence-corrected chi connectivity index (χ4v) is 3.10. The summed E-state index contributed by atoms with van der Waals surface area (Å²) >= 11 is 1.58. The van der Waals surface area contributed by atoms with Crippen LogP contribution in [0.15, 0.2) is 23.6 Å². The van der Waals surface area contributed by atoms with Gasteiger partial charge >= 0.3 is 0 Å². The molecule has 6 heteroatoms. The van der Waals surface area contributed by atoms with Crippen LogP contribution in [0, 0.1) is 0 Å². The molecule has 1 aliphatic rings. The van der Waals surface area contributed by atoms with Crippen LogP contribution in [0.2, 0.25) is 0 Å². The van der Waals surface area contributed by atoms with E-state index in [0.29, 0.717) is 13.0 Å². The summed E-state index contributed by atoms with van der Waals surface area (Å²) in [6, 6.07) is 5.91. The molecule has 1 aliphatic heterocycles. The van der Waals surface area contributed by atoms with Crippen LogP contribution in [0.1, 0.15) is 17.5 Å². The first-order chi connectivity index (χ1) is 10.1. The van der Waals surface area contributed by atoms with Crippen LogP contribution in [0.5, 0.6) is 0 Å². The van der Waals surface area contributed by atoms with E-state index in [4.69, 9.17) is 0 Å². The van der Waals surface area contributed by atoms with Crippen molar-refractivity contribution in [1.82, 2.24) is 10.3 Å². The zero-order chi connectivity index (χ0) is 14.8. The molecule has 2 amide bonds. The fraction of sp³-hybridized carbons (Fsp3) is 0.267. The van der Waals surface area contributed by atoms with Gasteiger partial charge in [-0.05, 0) is 17.7 Å². The molecule has 2 N–H and O–H groups in total. The Morgan fingerprint density at radius 1 is 1.48 bits per heavy atom. The Bertz CT molecular complexity index is 709. The van der Waals surface area contributed by atoms with E-state index in [0.717, 1.165) is 33.9 Å². The molecular weight excluding hydrogens is 286 g/mol. The second-order valence-electron chi connectivity index (χ2n) is 4.96. The van der Waals surface area contributed by atoms with Gasteiger partial charge < -0.3 is 10.6 Å². The number of benzene rings is 1. The number of carbonyl (C=O) groups excluding carboxylic acids is 2. The first-order valence-corrected chi connectivity index (χ1v) is 7.62. The van der Waals surface area contributed by atoms with Gasteiger partial charge in [0.05, 0.1) is 17.1 Å². The molecule has 1 aromatic carbocycles. The van der Waals surface area contributed by atoms with Crippen molar-refractivity contribution in [3.63, 3.8) is 0 Å². The number of fused-ring (bicyclic) bond motifs is 1. The van der Waals surface area contributed by atoms with Crippen molar-refractivity contribution < 1.29 is 9.59 Å². The maximum atomic E-state index is 11.4. The average Bonchev–Trinajstić information content (AvgIpc) is 3.02. The average molecular weight is 301 g/mol. The maximum Gasteiger partial charge on any atom is 0.228 e. The molecule has 0 fully saturated rings. The quantitative estimate of drug-likeness (QED) is 0.907. The lowest BCUT2D eigenvalue weighted by Crippen LogP contribution is -2.22. The van der Waals surface area contributed by atoms with Crippen LogP contribution in [0.3, 0.4) is 0 Å². The van der Waals surface area contributed by atoms with Gasteiger partial charge in [0.15, 0.2) is 0 Å². The summed E-state index contributed by atoms with van der Waals surface area (Å²) < 4.78 is 0. The van der Waals surface area contributed by atoms with Crippen LogP contribution in [-0.2, 0) is 22.4 Å². The van der Waals surface area contributed by atoms with Gasteiger partial charge in [0, 0.05) is 36.5 Å². The van der Waals surface area contributed by atoms with Crippen molar-refractivity contribution in [3.8, 4) is 11.3 Å². The molecule has 0 saturated heterocycles. The molecule has 108 valence electrons. The van der Waals surface area contributed by atoms with E-state index in [1.807, 2.05) is 23.6 Å². The lowest BCUT2D eigenvalue weighted by molar-refractivity contribution is -0.119. The highest BCUT2D eigenvalue weighted by Crippen LogP contribution is 2.29. The summed E-state index contributed by atoms with van der Waals surface area (Å²) in [6.45, 7) is 2.11. The minimum atomic E-state index is -0.0254. The minimum Gasteiger partial charge on any atom is -0.356 e. The fourth-order valence-electron chi connectivity index (χ4n) is 2.29. The Kier molecular flexibility index (Phi) is 3.70. The molecule has 3 rings (SSSR count). The first kappa shape index (κ1) is 13.8. The number of rotatable bonds is 4. The predicted molar refractivity (Wildman–Crippen MR) is 82.3 cm³/mol. The smallest absolute Gasteiger partial charge is 0.228 e. The number of anilines is 1. The number of hydrogen-bond donors (Lipinski definition) is 2. The van der Waals surface area contributed by atoms with Crippen molar-refractivity contribution in [1.29, 1.82) is 0 Å². The molecule has 21 heavy (non-hydrogen) atoms. The Labute approximate surface area is 126 Å². The second-order valence-corrected chi connectivity index (χ2v) is 5.90. The lowest BCUT2D eigenvalue weighted by atomic mass is 10.1. The monoisotopic (exact) mass is 301 g/mol. The van der Waals surface area contributed by atoms with E-state index >= 15 is 0 Å². The van der Waals surface area contributed by atoms with Gasteiger partial charge in [-0.25, -0.2) is 4.98 Å². The molecule has 5 nitrogen and oxygen atoms in total. The van der Waals surface area contributed by atoms with Gasteiger partial charge in [-0.3, -0.25) is 9.59 Å². The number of thiazole rings is 1. The number of hydrogen-bond acceptors (Lipinski definition) is 4. The van der Waals surface area contributed by atoms with E-state index in [9.17, 15) is 9.59 Å². The largest absolute Gasteiger partial charge is 0.356 e. The standard InChI is InChI=1S/C15H15N3O2S/c1-9(19)16-5-4-15-18-13(8-21-15)10-2-3-12-11(6-10)7-14(20)17-12/h2-3,6,8H,4-5,7H2,1H3,(H,16,19)(H,17,20). The van der Waals surface area contributed by atoms with E-state index < -0.39 is 0 Å². The van der Waals surface area contributed by atoms with Gasteiger partial charge in [-0.15, -0.1) is 11.3 Å². The van der Waals surface area contributed by atoms with Crippen LogP contribution in [0.25, 0.3) is 11.3 Å². The Morgan fingerprint density at radius 2 is 2.33 bits per heavy atom. The highest BCUT2D eigenvalue weighted by atomic mass is 32.1. The zero-order valence-electron chi connectivity index (χ0n) is 11.6. The molecule has 1 aromatic heterocycles. The van der Waals surface area contributed by atoms with Gasteiger partial charge in [0.25, 0.3) is 0 Å². The first-order valence-electron chi connectivity index (χ1n) is 6.74. The lowest BCUT2D eigenvalue weighted by Gasteiger charge is -2.01. The van der Waals surface area contributed by atoms with Crippen LogP contribution >= 0.6 is 11.3 Å². The number of amides is 2. The summed E-state index contributed by atoms with van der Waals surface area (Å²) in [5.41, 5.74) is 3.85. The molecular formula is C15H15N3O2S. The topological polar surface area (TPSA) is 71.1 Å². The van der Waals surface area contributed by atoms with Crippen LogP contribution < -0.4 is 10.6 Å². The second kappa shape index (κ2) is 5.65. The molecule has 0 saturated carbocycles. The van der Waals surface area contributed by atoms with Gasteiger partial charge in [0.2, 0.25) is 11.8 Å². The maximum absolute atomic E-state index is 11.4. The summed E-state index contributed by atoms with van der Waals surface area (Å²) in [6.07, 6.45) is 1.16. The summed E-state index contributed by atoms with van der Waals surface area (Å²) in [4.78, 5) is 26.8. The van der Waals surface area contributed by atoms with Crippen molar-refractivity contribution in [2.75, 3.05) is 11.9 Å². The minimum absolute atomic E-state index is 0.0254. The van der Waals surface area contributed by atoms with E-state index in [2.05, 4.69) is 15.6 Å². The molecule has 0 spiro atoms. The number of nitrogens with one attached hydrogen (secondary N) is 2. The summed E-state index contributed by atoms with van der Waals surface area (Å²) in [5.74, 6) is 0.0130. The molecule has 0 atom stereocenters. The Hall–Kier alpha value is -2.21. The zero-order valence-corrected chi connectivity index (χ0v) is 12.4. The number of nitrogens with zero attached hydrogens (tertiary/aromatic N) is 1. The molecule has 2 heterocycles. The molecule has 0 unspecified atom stereocenters. The molecule has 0 bridgehead atoms. The van der Waals surface area contributed by atoms with Crippen molar-refractivity contribution >= 4 is 28.8 Å². The van der Waals surface area contributed by atoms with Crippen molar-refractivity contribution in [3.05, 3.63) is 34.2 Å². The van der Waals surface area contributed by atoms with Gasteiger partial charge in [0.1, 0.15) is 0 Å². The Morgan fingerprint density at radius 3 is 3.14 bits per heavy atom. The highest BCUT2D eigenvalue weighted by Gasteiger charge is 2.18. The highest BCUT2D eigenvalue weighted by molar-refractivity contribution is 7.09. The number of aromatic nitrogens is 1. The van der Waals surface area contributed by atoms with Gasteiger partial charge in [-0.1, -0.05) is 6.07 Å². The predicted octanol–water partition coefficient (Wildman–Crippen LogP) is 1.98. The van der Waals surface area contributed by atoms with Crippen LogP contribution in [0.4, 0.5) is 5.69 Å². The van der Waals surface area contributed by atoms with E-state index in [1.165, 1.54) is 6.92 Å².